The third-order valence-corrected chi connectivity index (χ3v) is 4.77. The second-order valence-corrected chi connectivity index (χ2v) is 7.28. The van der Waals surface area contributed by atoms with Crippen molar-refractivity contribution in [3.05, 3.63) is 94.5 Å². The summed E-state index contributed by atoms with van der Waals surface area (Å²) in [5, 5.41) is 15.1. The van der Waals surface area contributed by atoms with E-state index in [0.717, 1.165) is 22.4 Å². The van der Waals surface area contributed by atoms with Crippen molar-refractivity contribution in [1.82, 2.24) is 5.32 Å². The van der Waals surface area contributed by atoms with Gasteiger partial charge in [-0.3, -0.25) is 0 Å². The Hall–Kier alpha value is -3.49. The van der Waals surface area contributed by atoms with Gasteiger partial charge < -0.3 is 15.4 Å². The van der Waals surface area contributed by atoms with Crippen LogP contribution in [-0.4, -0.2) is 6.03 Å². The van der Waals surface area contributed by atoms with Gasteiger partial charge in [-0.1, -0.05) is 48.0 Å². The Balaban J connectivity index is 1.53. The minimum absolute atomic E-state index is 0.155. The normalized spacial score (nSPS) is 11.2. The van der Waals surface area contributed by atoms with Crippen LogP contribution in [0.1, 0.15) is 29.7 Å². The maximum atomic E-state index is 12.3. The molecule has 152 valence electrons. The minimum Gasteiger partial charge on any atom is -0.489 e. The first kappa shape index (κ1) is 21.2. The summed E-state index contributed by atoms with van der Waals surface area (Å²) in [6.07, 6.45) is 0.382. The number of nitriles is 1. The molecule has 0 heterocycles. The van der Waals surface area contributed by atoms with Gasteiger partial charge in [-0.2, -0.15) is 5.26 Å². The molecular formula is C24H22ClN3O2. The standard InChI is InChI=1S/C24H22ClN3O2/c1-17(20-7-9-21(25)10-8-20)27-24(29)28-22-4-2-3-19(15-22)16-30-23-11-5-18(6-12-23)13-14-26/h2-12,15,17H,13,16H2,1H3,(H2,27,28,29). The average molecular weight is 420 g/mol. The summed E-state index contributed by atoms with van der Waals surface area (Å²) >= 11 is 5.91. The van der Waals surface area contributed by atoms with Crippen LogP contribution in [0.3, 0.4) is 0 Å². The topological polar surface area (TPSA) is 74.2 Å². The molecule has 2 N–H and O–H groups in total. The fourth-order valence-corrected chi connectivity index (χ4v) is 3.02. The van der Waals surface area contributed by atoms with Crippen LogP contribution >= 0.6 is 11.6 Å². The number of hydrogen-bond donors (Lipinski definition) is 2. The fraction of sp³-hybridized carbons (Fsp3) is 0.167. The predicted molar refractivity (Wildman–Crippen MR) is 119 cm³/mol. The predicted octanol–water partition coefficient (Wildman–Crippen LogP) is 5.87. The Morgan fingerprint density at radius 3 is 2.50 bits per heavy atom. The molecule has 1 atom stereocenters. The zero-order valence-corrected chi connectivity index (χ0v) is 17.3. The summed E-state index contributed by atoms with van der Waals surface area (Å²) in [7, 11) is 0. The number of rotatable bonds is 7. The number of hydrogen-bond acceptors (Lipinski definition) is 3. The zero-order chi connectivity index (χ0) is 21.3. The van der Waals surface area contributed by atoms with Crippen LogP contribution in [0.15, 0.2) is 72.8 Å². The van der Waals surface area contributed by atoms with E-state index >= 15 is 0 Å². The van der Waals surface area contributed by atoms with E-state index in [9.17, 15) is 4.79 Å². The lowest BCUT2D eigenvalue weighted by Gasteiger charge is -2.15. The Kier molecular flexibility index (Phi) is 7.31. The molecule has 0 fully saturated rings. The first-order valence-electron chi connectivity index (χ1n) is 9.54. The Labute approximate surface area is 181 Å². The monoisotopic (exact) mass is 419 g/mol. The smallest absolute Gasteiger partial charge is 0.319 e. The molecule has 3 rings (SSSR count). The number of carbonyl (C=O) groups excluding carboxylic acids is 1. The molecule has 6 heteroatoms. The van der Waals surface area contributed by atoms with E-state index in [0.29, 0.717) is 23.7 Å². The number of nitrogens with one attached hydrogen (secondary N) is 2. The molecule has 0 aliphatic rings. The van der Waals surface area contributed by atoms with E-state index in [1.165, 1.54) is 0 Å². The molecule has 30 heavy (non-hydrogen) atoms. The van der Waals surface area contributed by atoms with Crippen LogP contribution in [0.4, 0.5) is 10.5 Å². The molecule has 1 unspecified atom stereocenters. The van der Waals surface area contributed by atoms with Gasteiger partial charge in [0.2, 0.25) is 0 Å². The molecule has 0 saturated heterocycles. The highest BCUT2D eigenvalue weighted by atomic mass is 35.5. The second-order valence-electron chi connectivity index (χ2n) is 6.84. The number of ether oxygens (including phenoxy) is 1. The Morgan fingerprint density at radius 2 is 1.80 bits per heavy atom. The van der Waals surface area contributed by atoms with Gasteiger partial charge in [0.15, 0.2) is 0 Å². The molecule has 5 nitrogen and oxygen atoms in total. The quantitative estimate of drug-likeness (QED) is 0.503. The summed E-state index contributed by atoms with van der Waals surface area (Å²) in [5.41, 5.74) is 3.54. The third-order valence-electron chi connectivity index (χ3n) is 4.51. The Morgan fingerprint density at radius 1 is 1.07 bits per heavy atom. The number of anilines is 1. The molecular weight excluding hydrogens is 398 g/mol. The van der Waals surface area contributed by atoms with Crippen molar-refractivity contribution in [2.45, 2.75) is 26.0 Å². The molecule has 0 aliphatic heterocycles. The number of halogens is 1. The number of nitrogens with zero attached hydrogens (tertiary/aromatic N) is 1. The number of amides is 2. The summed E-state index contributed by atoms with van der Waals surface area (Å²) in [6, 6.07) is 24.0. The van der Waals surface area contributed by atoms with Gasteiger partial charge >= 0.3 is 6.03 Å². The average Bonchev–Trinajstić information content (AvgIpc) is 2.74. The van der Waals surface area contributed by atoms with Crippen molar-refractivity contribution in [3.63, 3.8) is 0 Å². The molecule has 3 aromatic rings. The van der Waals surface area contributed by atoms with Crippen LogP contribution in [0, 0.1) is 11.3 Å². The summed E-state index contributed by atoms with van der Waals surface area (Å²) in [4.78, 5) is 12.3. The molecule has 0 radical (unpaired) electrons. The summed E-state index contributed by atoms with van der Waals surface area (Å²) in [5.74, 6) is 0.726. The van der Waals surface area contributed by atoms with Crippen molar-refractivity contribution in [3.8, 4) is 11.8 Å². The molecule has 0 bridgehead atoms. The van der Waals surface area contributed by atoms with Gasteiger partial charge in [-0.15, -0.1) is 0 Å². The van der Waals surface area contributed by atoms with Crippen LogP contribution in [0.25, 0.3) is 0 Å². The number of benzene rings is 3. The molecule has 0 spiro atoms. The van der Waals surface area contributed by atoms with E-state index in [2.05, 4.69) is 16.7 Å². The lowest BCUT2D eigenvalue weighted by atomic mass is 10.1. The SMILES string of the molecule is CC(NC(=O)Nc1cccc(COc2ccc(CC#N)cc2)c1)c1ccc(Cl)cc1. The number of carbonyl (C=O) groups is 1. The van der Waals surface area contributed by atoms with E-state index in [4.69, 9.17) is 21.6 Å². The summed E-state index contributed by atoms with van der Waals surface area (Å²) < 4.78 is 5.80. The van der Waals surface area contributed by atoms with Crippen molar-refractivity contribution in [2.75, 3.05) is 5.32 Å². The van der Waals surface area contributed by atoms with Gasteiger partial charge in [0.1, 0.15) is 12.4 Å². The lowest BCUT2D eigenvalue weighted by Crippen LogP contribution is -2.31. The van der Waals surface area contributed by atoms with Crippen molar-refractivity contribution >= 4 is 23.3 Å². The van der Waals surface area contributed by atoms with Crippen molar-refractivity contribution < 1.29 is 9.53 Å². The van der Waals surface area contributed by atoms with Crippen LogP contribution in [-0.2, 0) is 13.0 Å². The van der Waals surface area contributed by atoms with Crippen molar-refractivity contribution in [1.29, 1.82) is 5.26 Å². The van der Waals surface area contributed by atoms with Crippen LogP contribution < -0.4 is 15.4 Å². The van der Waals surface area contributed by atoms with Gasteiger partial charge in [-0.25, -0.2) is 4.79 Å². The highest BCUT2D eigenvalue weighted by Crippen LogP contribution is 2.18. The van der Waals surface area contributed by atoms with Crippen LogP contribution in [0.2, 0.25) is 5.02 Å². The van der Waals surface area contributed by atoms with E-state index in [1.807, 2.05) is 67.6 Å². The molecule has 0 aromatic heterocycles. The molecule has 3 aromatic carbocycles. The van der Waals surface area contributed by atoms with Gasteiger partial charge in [-0.05, 0) is 60.0 Å². The molecule has 0 saturated carbocycles. The summed E-state index contributed by atoms with van der Waals surface area (Å²) in [6.45, 7) is 2.28. The fourth-order valence-electron chi connectivity index (χ4n) is 2.90. The largest absolute Gasteiger partial charge is 0.489 e. The van der Waals surface area contributed by atoms with Crippen LogP contribution in [0.5, 0.6) is 5.75 Å². The first-order valence-corrected chi connectivity index (χ1v) is 9.92. The minimum atomic E-state index is -0.288. The Bertz CT molecular complexity index is 1030. The van der Waals surface area contributed by atoms with Gasteiger partial charge in [0, 0.05) is 10.7 Å². The molecule has 2 amide bonds. The second kappa shape index (κ2) is 10.3. The zero-order valence-electron chi connectivity index (χ0n) is 16.6. The van der Waals surface area contributed by atoms with Crippen molar-refractivity contribution in [2.24, 2.45) is 0 Å². The van der Waals surface area contributed by atoms with E-state index < -0.39 is 0 Å². The number of urea groups is 1. The van der Waals surface area contributed by atoms with E-state index in [1.54, 1.807) is 12.1 Å². The van der Waals surface area contributed by atoms with E-state index in [-0.39, 0.29) is 12.1 Å². The highest BCUT2D eigenvalue weighted by molar-refractivity contribution is 6.30. The maximum Gasteiger partial charge on any atom is 0.319 e. The molecule has 0 aliphatic carbocycles. The first-order chi connectivity index (χ1) is 14.5. The van der Waals surface area contributed by atoms with Gasteiger partial charge in [0.25, 0.3) is 0 Å². The highest BCUT2D eigenvalue weighted by Gasteiger charge is 2.10. The maximum absolute atomic E-state index is 12.3. The lowest BCUT2D eigenvalue weighted by molar-refractivity contribution is 0.249. The van der Waals surface area contributed by atoms with Gasteiger partial charge in [0.05, 0.1) is 18.5 Å². The third kappa shape index (κ3) is 6.26.